The molecule has 16 heavy (non-hydrogen) atoms. The first-order chi connectivity index (χ1) is 7.57. The maximum atomic E-state index is 12.5. The Morgan fingerprint density at radius 2 is 2.00 bits per heavy atom. The second-order valence-corrected chi connectivity index (χ2v) is 5.43. The lowest BCUT2D eigenvalue weighted by atomic mass is 10.2. The first-order valence-corrected chi connectivity index (χ1v) is 7.11. The maximum Gasteiger partial charge on any atom is 0.316 e. The van der Waals surface area contributed by atoms with E-state index in [0.29, 0.717) is 6.42 Å². The van der Waals surface area contributed by atoms with Crippen LogP contribution in [0.15, 0.2) is 0 Å². The Hall–Kier alpha value is -0.250. The average molecular weight is 250 g/mol. The summed E-state index contributed by atoms with van der Waals surface area (Å²) < 4.78 is 12.5. The van der Waals surface area contributed by atoms with Crippen molar-refractivity contribution in [2.24, 2.45) is 0 Å². The summed E-state index contributed by atoms with van der Waals surface area (Å²) in [5, 5.41) is 8.69. The molecule has 0 aromatic heterocycles. The molecule has 0 saturated carbocycles. The molecule has 0 aliphatic carbocycles. The Morgan fingerprint density at radius 3 is 2.50 bits per heavy atom. The molecule has 0 saturated heterocycles. The predicted molar refractivity (Wildman–Crippen MR) is 67.8 cm³/mol. The molecule has 0 fully saturated rings. The van der Waals surface area contributed by atoms with E-state index in [4.69, 9.17) is 5.11 Å². The summed E-state index contributed by atoms with van der Waals surface area (Å²) >= 11 is 1.50. The molecule has 0 aliphatic heterocycles. The molecule has 1 N–H and O–H groups in total. The summed E-state index contributed by atoms with van der Waals surface area (Å²) in [5.74, 6) is 0.116. The van der Waals surface area contributed by atoms with E-state index in [-0.39, 0.29) is 5.25 Å². The number of carboxylic acid groups (broad SMARTS) is 1. The summed E-state index contributed by atoms with van der Waals surface area (Å²) in [5.41, 5.74) is 0. The molecule has 0 aromatic rings. The van der Waals surface area contributed by atoms with Crippen molar-refractivity contribution < 1.29 is 14.3 Å². The van der Waals surface area contributed by atoms with E-state index >= 15 is 0 Å². The fourth-order valence-corrected chi connectivity index (χ4v) is 2.55. The molecule has 0 bridgehead atoms. The molecule has 0 aromatic carbocycles. The number of thioether (sulfide) groups is 1. The molecule has 0 spiro atoms. The zero-order chi connectivity index (χ0) is 12.4. The van der Waals surface area contributed by atoms with Gasteiger partial charge < -0.3 is 5.11 Å². The van der Waals surface area contributed by atoms with Crippen LogP contribution in [0.2, 0.25) is 0 Å². The van der Waals surface area contributed by atoms with Gasteiger partial charge in [-0.25, -0.2) is 4.39 Å². The van der Waals surface area contributed by atoms with Gasteiger partial charge in [-0.3, -0.25) is 4.79 Å². The highest BCUT2D eigenvalue weighted by atomic mass is 32.2. The summed E-state index contributed by atoms with van der Waals surface area (Å²) in [6.07, 6.45) is 4.36. The van der Waals surface area contributed by atoms with Crippen LogP contribution < -0.4 is 0 Å². The van der Waals surface area contributed by atoms with Crippen LogP contribution in [0, 0.1) is 0 Å². The minimum absolute atomic E-state index is 0.275. The molecule has 4 heteroatoms. The van der Waals surface area contributed by atoms with Crippen molar-refractivity contribution in [2.75, 3.05) is 5.75 Å². The second-order valence-electron chi connectivity index (χ2n) is 4.12. The van der Waals surface area contributed by atoms with Gasteiger partial charge in [0.1, 0.15) is 5.25 Å². The van der Waals surface area contributed by atoms with Crippen molar-refractivity contribution in [2.45, 2.75) is 63.8 Å². The van der Waals surface area contributed by atoms with E-state index in [2.05, 4.69) is 6.92 Å². The fourth-order valence-electron chi connectivity index (χ4n) is 1.42. The lowest BCUT2D eigenvalue weighted by Gasteiger charge is -2.11. The maximum absolute atomic E-state index is 12.5. The van der Waals surface area contributed by atoms with E-state index in [1.54, 1.807) is 6.92 Å². The van der Waals surface area contributed by atoms with Crippen molar-refractivity contribution in [1.29, 1.82) is 0 Å². The smallest absolute Gasteiger partial charge is 0.316 e. The van der Waals surface area contributed by atoms with Crippen LogP contribution in [-0.2, 0) is 4.79 Å². The molecule has 2 atom stereocenters. The summed E-state index contributed by atoms with van der Waals surface area (Å²) in [7, 11) is 0. The number of unbranched alkanes of at least 4 members (excludes halogenated alkanes) is 2. The minimum atomic E-state index is -0.736. The minimum Gasteiger partial charge on any atom is -0.480 e. The first-order valence-electron chi connectivity index (χ1n) is 6.06. The van der Waals surface area contributed by atoms with Crippen LogP contribution in [0.3, 0.4) is 0 Å². The van der Waals surface area contributed by atoms with Gasteiger partial charge >= 0.3 is 5.97 Å². The van der Waals surface area contributed by atoms with Crippen LogP contribution in [0.25, 0.3) is 0 Å². The van der Waals surface area contributed by atoms with Gasteiger partial charge in [0.15, 0.2) is 0 Å². The third-order valence-electron chi connectivity index (χ3n) is 2.41. The van der Waals surface area contributed by atoms with Gasteiger partial charge in [-0.05, 0) is 38.4 Å². The zero-order valence-electron chi connectivity index (χ0n) is 10.2. The number of carboxylic acids is 1. The molecule has 0 amide bonds. The van der Waals surface area contributed by atoms with Gasteiger partial charge in [-0.1, -0.05) is 19.8 Å². The Balaban J connectivity index is 3.56. The monoisotopic (exact) mass is 250 g/mol. The van der Waals surface area contributed by atoms with E-state index in [0.717, 1.165) is 37.9 Å². The van der Waals surface area contributed by atoms with E-state index in [1.165, 1.54) is 11.8 Å². The quantitative estimate of drug-likeness (QED) is 0.598. The van der Waals surface area contributed by atoms with Gasteiger partial charge in [0.25, 0.3) is 0 Å². The molecule has 0 aliphatic rings. The van der Waals surface area contributed by atoms with Crippen LogP contribution in [0.1, 0.15) is 52.4 Å². The molecule has 2 nitrogen and oxygen atoms in total. The van der Waals surface area contributed by atoms with Crippen LogP contribution in [-0.4, -0.2) is 28.3 Å². The number of rotatable bonds is 10. The van der Waals surface area contributed by atoms with Crippen molar-refractivity contribution in [3.8, 4) is 0 Å². The summed E-state index contributed by atoms with van der Waals surface area (Å²) in [6.45, 7) is 3.63. The third kappa shape index (κ3) is 9.01. The van der Waals surface area contributed by atoms with Crippen molar-refractivity contribution in [3.05, 3.63) is 0 Å². The summed E-state index contributed by atoms with van der Waals surface area (Å²) in [6, 6.07) is 0. The Labute approximate surface area is 102 Å². The van der Waals surface area contributed by atoms with Gasteiger partial charge in [0.05, 0.1) is 6.17 Å². The zero-order valence-corrected chi connectivity index (χ0v) is 11.1. The Bertz CT molecular complexity index is 186. The predicted octanol–water partition coefficient (Wildman–Crippen LogP) is 3.89. The highest BCUT2D eigenvalue weighted by Gasteiger charge is 2.16. The van der Waals surface area contributed by atoms with E-state index < -0.39 is 12.1 Å². The number of halogens is 1. The molecular formula is C12H23FO2S. The molecule has 0 radical (unpaired) electrons. The van der Waals surface area contributed by atoms with Crippen LogP contribution >= 0.6 is 11.8 Å². The number of hydrogen-bond acceptors (Lipinski definition) is 2. The first kappa shape index (κ1) is 15.8. The van der Waals surface area contributed by atoms with Gasteiger partial charge in [-0.15, -0.1) is 11.8 Å². The lowest BCUT2D eigenvalue weighted by molar-refractivity contribution is -0.136. The highest BCUT2D eigenvalue weighted by molar-refractivity contribution is 8.00. The van der Waals surface area contributed by atoms with Crippen molar-refractivity contribution in [3.63, 3.8) is 0 Å². The van der Waals surface area contributed by atoms with Crippen LogP contribution in [0.5, 0.6) is 0 Å². The summed E-state index contributed by atoms with van der Waals surface area (Å²) in [4.78, 5) is 10.9. The molecule has 0 heterocycles. The van der Waals surface area contributed by atoms with Gasteiger partial charge in [0, 0.05) is 0 Å². The van der Waals surface area contributed by atoms with E-state index in [1.807, 2.05) is 0 Å². The number of hydrogen-bond donors (Lipinski definition) is 1. The van der Waals surface area contributed by atoms with Crippen molar-refractivity contribution in [1.82, 2.24) is 0 Å². The topological polar surface area (TPSA) is 37.3 Å². The van der Waals surface area contributed by atoms with Gasteiger partial charge in [-0.2, -0.15) is 0 Å². The Morgan fingerprint density at radius 1 is 1.31 bits per heavy atom. The van der Waals surface area contributed by atoms with Crippen LogP contribution in [0.4, 0.5) is 4.39 Å². The largest absolute Gasteiger partial charge is 0.480 e. The number of alkyl halides is 1. The van der Waals surface area contributed by atoms with Crippen molar-refractivity contribution >= 4 is 17.7 Å². The number of aliphatic carboxylic acids is 1. The lowest BCUT2D eigenvalue weighted by Crippen LogP contribution is -2.16. The highest BCUT2D eigenvalue weighted by Crippen LogP contribution is 2.20. The average Bonchev–Trinajstić information content (AvgIpc) is 2.21. The number of carbonyl (C=O) groups is 1. The molecule has 0 rings (SSSR count). The Kier molecular flexibility index (Phi) is 9.78. The standard InChI is InChI=1S/C12H23FO2S/c1-3-4-8-11(12(14)15)16-9-6-5-7-10(2)13/h10-11H,3-9H2,1-2H3,(H,14,15). The van der Waals surface area contributed by atoms with E-state index in [9.17, 15) is 9.18 Å². The molecule has 96 valence electrons. The second kappa shape index (κ2) is 9.94. The van der Waals surface area contributed by atoms with Gasteiger partial charge in [0.2, 0.25) is 0 Å². The third-order valence-corrected chi connectivity index (χ3v) is 3.77. The molecule has 2 unspecified atom stereocenters. The normalized spacial score (nSPS) is 14.7. The molecular weight excluding hydrogens is 227 g/mol. The fraction of sp³-hybridized carbons (Fsp3) is 0.917. The SMILES string of the molecule is CCCCC(SCCCCC(C)F)C(=O)O.